The van der Waals surface area contributed by atoms with Gasteiger partial charge in [0.05, 0.1) is 28.8 Å². The van der Waals surface area contributed by atoms with E-state index >= 15 is 0 Å². The predicted octanol–water partition coefficient (Wildman–Crippen LogP) is 3.31. The van der Waals surface area contributed by atoms with Crippen molar-refractivity contribution in [1.82, 2.24) is 10.6 Å². The Hall–Kier alpha value is -1.79. The van der Waals surface area contributed by atoms with Crippen LogP contribution in [0.15, 0.2) is 18.2 Å². The maximum atomic E-state index is 12.2. The van der Waals surface area contributed by atoms with Crippen molar-refractivity contribution in [2.75, 3.05) is 18.5 Å². The quantitative estimate of drug-likeness (QED) is 0.765. The number of benzene rings is 1. The Balaban J connectivity index is 1.54. The van der Waals surface area contributed by atoms with Crippen LogP contribution in [0, 0.1) is 0 Å². The smallest absolute Gasteiger partial charge is 0.319 e. The molecule has 1 aliphatic carbocycles. The van der Waals surface area contributed by atoms with Crippen molar-refractivity contribution < 1.29 is 14.3 Å². The van der Waals surface area contributed by atoms with E-state index < -0.39 is 0 Å². The summed E-state index contributed by atoms with van der Waals surface area (Å²) in [5, 5.41) is 8.72. The van der Waals surface area contributed by atoms with Gasteiger partial charge >= 0.3 is 6.03 Å². The molecular weight excluding hydrogens is 342 g/mol. The topological polar surface area (TPSA) is 79.5 Å². The van der Waals surface area contributed by atoms with Crippen LogP contribution in [-0.2, 0) is 4.74 Å². The highest BCUT2D eigenvalue weighted by Gasteiger charge is 2.42. The molecule has 7 heteroatoms. The van der Waals surface area contributed by atoms with Crippen LogP contribution in [0.2, 0.25) is 5.02 Å². The number of anilines is 1. The van der Waals surface area contributed by atoms with E-state index in [4.69, 9.17) is 16.3 Å². The lowest BCUT2D eigenvalue weighted by atomic mass is 9.96. The number of hydrogen-bond donors (Lipinski definition) is 3. The highest BCUT2D eigenvalue weighted by atomic mass is 35.5. The van der Waals surface area contributed by atoms with Gasteiger partial charge in [0.1, 0.15) is 0 Å². The number of carbonyl (C=O) groups is 2. The van der Waals surface area contributed by atoms with Crippen LogP contribution in [-0.4, -0.2) is 36.7 Å². The van der Waals surface area contributed by atoms with Gasteiger partial charge in [0.25, 0.3) is 5.91 Å². The van der Waals surface area contributed by atoms with Crippen LogP contribution < -0.4 is 16.0 Å². The molecule has 1 saturated heterocycles. The highest BCUT2D eigenvalue weighted by molar-refractivity contribution is 6.34. The van der Waals surface area contributed by atoms with Gasteiger partial charge in [0.15, 0.2) is 0 Å². The minimum atomic E-state index is -0.287. The third-order valence-electron chi connectivity index (χ3n) is 4.87. The first-order chi connectivity index (χ1) is 12.0. The van der Waals surface area contributed by atoms with Gasteiger partial charge in [-0.25, -0.2) is 4.79 Å². The predicted molar refractivity (Wildman–Crippen MR) is 97.2 cm³/mol. The Bertz CT molecular complexity index is 659. The van der Waals surface area contributed by atoms with Crippen LogP contribution in [0.5, 0.6) is 0 Å². The zero-order chi connectivity index (χ0) is 17.9. The molecule has 1 spiro atoms. The number of carbonyl (C=O) groups excluding carboxylic acids is 2. The van der Waals surface area contributed by atoms with Gasteiger partial charge in [-0.2, -0.15) is 0 Å². The number of urea groups is 1. The first-order valence-electron chi connectivity index (χ1n) is 8.80. The van der Waals surface area contributed by atoms with E-state index in [1.807, 2.05) is 6.92 Å². The van der Waals surface area contributed by atoms with E-state index in [0.717, 1.165) is 19.3 Å². The summed E-state index contributed by atoms with van der Waals surface area (Å²) in [6.45, 7) is 2.93. The molecule has 25 heavy (non-hydrogen) atoms. The van der Waals surface area contributed by atoms with Crippen molar-refractivity contribution in [3.05, 3.63) is 28.8 Å². The number of halogens is 1. The molecular formula is C18H24ClN3O3. The standard InChI is InChI=1S/C18H24ClN3O3/c1-2-20-16(23)14-6-5-12(9-15(14)19)21-17(24)22-13-10-18(25-11-13)7-3-4-8-18/h5-6,9,13H,2-4,7-8,10-11H2,1H3,(H,20,23)(H2,21,22,24). The molecule has 1 aliphatic heterocycles. The number of rotatable bonds is 4. The molecule has 1 aromatic carbocycles. The average Bonchev–Trinajstić information content (AvgIpc) is 3.17. The van der Waals surface area contributed by atoms with Crippen molar-refractivity contribution in [2.45, 2.75) is 50.7 Å². The van der Waals surface area contributed by atoms with Crippen LogP contribution in [0.1, 0.15) is 49.4 Å². The van der Waals surface area contributed by atoms with Gasteiger partial charge in [0.2, 0.25) is 0 Å². The molecule has 2 fully saturated rings. The van der Waals surface area contributed by atoms with Gasteiger partial charge in [-0.15, -0.1) is 0 Å². The molecule has 136 valence electrons. The molecule has 3 rings (SSSR count). The normalized spacial score (nSPS) is 21.3. The van der Waals surface area contributed by atoms with Crippen LogP contribution in [0.3, 0.4) is 0 Å². The molecule has 0 aromatic heterocycles. The third-order valence-corrected chi connectivity index (χ3v) is 5.18. The van der Waals surface area contributed by atoms with Gasteiger partial charge in [-0.1, -0.05) is 24.4 Å². The van der Waals surface area contributed by atoms with E-state index in [1.165, 1.54) is 12.8 Å². The van der Waals surface area contributed by atoms with Crippen molar-refractivity contribution in [2.24, 2.45) is 0 Å². The number of hydrogen-bond acceptors (Lipinski definition) is 3. The molecule has 1 saturated carbocycles. The molecule has 0 bridgehead atoms. The summed E-state index contributed by atoms with van der Waals surface area (Å²) < 4.78 is 5.94. The van der Waals surface area contributed by atoms with Crippen molar-refractivity contribution in [3.8, 4) is 0 Å². The fourth-order valence-corrected chi connectivity index (χ4v) is 3.96. The fraction of sp³-hybridized carbons (Fsp3) is 0.556. The summed E-state index contributed by atoms with van der Waals surface area (Å²) in [5.41, 5.74) is 0.919. The Morgan fingerprint density at radius 2 is 2.08 bits per heavy atom. The SMILES string of the molecule is CCNC(=O)c1ccc(NC(=O)NC2COC3(CCCC3)C2)cc1Cl. The van der Waals surface area contributed by atoms with E-state index in [2.05, 4.69) is 16.0 Å². The molecule has 1 unspecified atom stereocenters. The lowest BCUT2D eigenvalue weighted by Gasteiger charge is -2.21. The fourth-order valence-electron chi connectivity index (χ4n) is 3.69. The molecule has 0 radical (unpaired) electrons. The zero-order valence-electron chi connectivity index (χ0n) is 14.4. The first-order valence-corrected chi connectivity index (χ1v) is 9.18. The van der Waals surface area contributed by atoms with Crippen LogP contribution in [0.4, 0.5) is 10.5 Å². The molecule has 3 N–H and O–H groups in total. The summed E-state index contributed by atoms with van der Waals surface area (Å²) in [4.78, 5) is 24.0. The van der Waals surface area contributed by atoms with E-state index in [1.54, 1.807) is 18.2 Å². The second-order valence-corrected chi connectivity index (χ2v) is 7.16. The van der Waals surface area contributed by atoms with Crippen molar-refractivity contribution >= 4 is 29.2 Å². The number of ether oxygens (including phenoxy) is 1. The van der Waals surface area contributed by atoms with E-state index in [9.17, 15) is 9.59 Å². The lowest BCUT2D eigenvalue weighted by Crippen LogP contribution is -2.39. The molecule has 2 aliphatic rings. The summed E-state index contributed by atoms with van der Waals surface area (Å²) >= 11 is 6.14. The minimum absolute atomic E-state index is 0.0183. The molecule has 1 aromatic rings. The van der Waals surface area contributed by atoms with Crippen molar-refractivity contribution in [3.63, 3.8) is 0 Å². The molecule has 1 atom stereocenters. The lowest BCUT2D eigenvalue weighted by molar-refractivity contribution is 0.00998. The average molecular weight is 366 g/mol. The van der Waals surface area contributed by atoms with Crippen LogP contribution in [0.25, 0.3) is 0 Å². The number of nitrogens with one attached hydrogen (secondary N) is 3. The Kier molecular flexibility index (Phi) is 5.49. The third kappa shape index (κ3) is 4.25. The van der Waals surface area contributed by atoms with E-state index in [-0.39, 0.29) is 23.6 Å². The van der Waals surface area contributed by atoms with Gasteiger partial charge < -0.3 is 20.7 Å². The van der Waals surface area contributed by atoms with Gasteiger partial charge in [-0.3, -0.25) is 4.79 Å². The first kappa shape index (κ1) is 18.0. The van der Waals surface area contributed by atoms with E-state index in [0.29, 0.717) is 29.4 Å². The maximum Gasteiger partial charge on any atom is 0.319 e. The summed E-state index contributed by atoms with van der Waals surface area (Å²) in [7, 11) is 0. The minimum Gasteiger partial charge on any atom is -0.373 e. The van der Waals surface area contributed by atoms with Gasteiger partial charge in [-0.05, 0) is 44.4 Å². The van der Waals surface area contributed by atoms with Crippen LogP contribution >= 0.6 is 11.6 Å². The summed E-state index contributed by atoms with van der Waals surface area (Å²) in [6.07, 6.45) is 5.45. The molecule has 1 heterocycles. The largest absolute Gasteiger partial charge is 0.373 e. The van der Waals surface area contributed by atoms with Gasteiger partial charge in [0, 0.05) is 12.2 Å². The zero-order valence-corrected chi connectivity index (χ0v) is 15.1. The molecule has 3 amide bonds. The Morgan fingerprint density at radius 3 is 2.76 bits per heavy atom. The Labute approximate surface area is 152 Å². The maximum absolute atomic E-state index is 12.2. The Morgan fingerprint density at radius 1 is 1.32 bits per heavy atom. The van der Waals surface area contributed by atoms with Crippen molar-refractivity contribution in [1.29, 1.82) is 0 Å². The summed E-state index contributed by atoms with van der Waals surface area (Å²) in [6, 6.07) is 4.60. The molecule has 6 nitrogen and oxygen atoms in total. The second kappa shape index (κ2) is 7.62. The highest BCUT2D eigenvalue weighted by Crippen LogP contribution is 2.40. The number of amides is 3. The monoisotopic (exact) mass is 365 g/mol. The summed E-state index contributed by atoms with van der Waals surface area (Å²) in [5.74, 6) is -0.228. The second-order valence-electron chi connectivity index (χ2n) is 6.75.